The van der Waals surface area contributed by atoms with Gasteiger partial charge in [-0.2, -0.15) is 0 Å². The first-order chi connectivity index (χ1) is 8.22. The third-order valence-corrected chi connectivity index (χ3v) is 3.19. The summed E-state index contributed by atoms with van der Waals surface area (Å²) in [6.45, 7) is 1.80. The van der Waals surface area contributed by atoms with Crippen molar-refractivity contribution in [1.82, 2.24) is 0 Å². The van der Waals surface area contributed by atoms with E-state index in [1.807, 2.05) is 18.2 Å². The zero-order valence-corrected chi connectivity index (χ0v) is 10.1. The van der Waals surface area contributed by atoms with E-state index in [9.17, 15) is 4.79 Å². The second kappa shape index (κ2) is 5.19. The summed E-state index contributed by atoms with van der Waals surface area (Å²) in [5.41, 5.74) is 7.46. The summed E-state index contributed by atoms with van der Waals surface area (Å²) in [7, 11) is 1.41. The molecule has 1 saturated heterocycles. The molecule has 1 aliphatic heterocycles. The maximum atomic E-state index is 11.7. The maximum Gasteiger partial charge on any atom is 0.339 e. The molecule has 0 aromatic heterocycles. The Kier molecular flexibility index (Phi) is 3.64. The number of rotatable bonds is 2. The molecule has 92 valence electrons. The van der Waals surface area contributed by atoms with Crippen molar-refractivity contribution in [2.75, 3.05) is 25.1 Å². The van der Waals surface area contributed by atoms with E-state index in [0.717, 1.165) is 31.6 Å². The minimum absolute atomic E-state index is 0.282. The van der Waals surface area contributed by atoms with Crippen LogP contribution in [0.4, 0.5) is 5.69 Å². The smallest absolute Gasteiger partial charge is 0.339 e. The number of nitrogens with two attached hydrogens (primary N) is 1. The van der Waals surface area contributed by atoms with E-state index in [2.05, 4.69) is 4.90 Å². The molecule has 0 spiro atoms. The molecule has 4 heteroatoms. The highest BCUT2D eigenvalue weighted by atomic mass is 16.5. The van der Waals surface area contributed by atoms with Gasteiger partial charge < -0.3 is 15.4 Å². The lowest BCUT2D eigenvalue weighted by molar-refractivity contribution is 0.0601. The van der Waals surface area contributed by atoms with Crippen molar-refractivity contribution in [2.24, 2.45) is 5.73 Å². The first-order valence-corrected chi connectivity index (χ1v) is 5.90. The molecule has 2 rings (SSSR count). The highest BCUT2D eigenvalue weighted by Crippen LogP contribution is 2.24. The van der Waals surface area contributed by atoms with Crippen LogP contribution in [-0.2, 0) is 4.74 Å². The fourth-order valence-electron chi connectivity index (χ4n) is 2.17. The molecule has 1 aliphatic rings. The van der Waals surface area contributed by atoms with Crippen LogP contribution < -0.4 is 10.6 Å². The quantitative estimate of drug-likeness (QED) is 0.786. The molecule has 1 fully saturated rings. The minimum atomic E-state index is -0.282. The normalized spacial score (nSPS) is 16.9. The molecule has 0 amide bonds. The van der Waals surface area contributed by atoms with E-state index in [4.69, 9.17) is 10.5 Å². The van der Waals surface area contributed by atoms with Crippen molar-refractivity contribution < 1.29 is 9.53 Å². The number of ether oxygens (including phenoxy) is 1. The zero-order chi connectivity index (χ0) is 12.3. The number of methoxy groups -OCH3 is 1. The fraction of sp³-hybridized carbons (Fsp3) is 0.462. The number of anilines is 1. The van der Waals surface area contributed by atoms with Gasteiger partial charge in [0.1, 0.15) is 0 Å². The minimum Gasteiger partial charge on any atom is -0.465 e. The first-order valence-electron chi connectivity index (χ1n) is 5.90. The van der Waals surface area contributed by atoms with Crippen LogP contribution in [0.3, 0.4) is 0 Å². The van der Waals surface area contributed by atoms with E-state index in [1.165, 1.54) is 7.11 Å². The number of nitrogens with zero attached hydrogens (tertiary/aromatic N) is 1. The summed E-state index contributed by atoms with van der Waals surface area (Å²) >= 11 is 0. The molecule has 1 heterocycles. The summed E-state index contributed by atoms with van der Waals surface area (Å²) in [5, 5.41) is 0. The zero-order valence-electron chi connectivity index (χ0n) is 10.1. The average Bonchev–Trinajstić information content (AvgIpc) is 2.39. The highest BCUT2D eigenvalue weighted by Gasteiger charge is 2.20. The Labute approximate surface area is 101 Å². The van der Waals surface area contributed by atoms with Gasteiger partial charge in [0.05, 0.1) is 18.4 Å². The standard InChI is InChI=1S/C13H18N2O2/c1-17-13(16)11-4-2-3-5-12(11)15-8-6-10(14)7-9-15/h2-5,10H,6-9,14H2,1H3. The number of esters is 1. The van der Waals surface area contributed by atoms with Crippen LogP contribution in [-0.4, -0.2) is 32.2 Å². The van der Waals surface area contributed by atoms with Gasteiger partial charge in [0.2, 0.25) is 0 Å². The molecule has 2 N–H and O–H groups in total. The molecular formula is C13H18N2O2. The number of benzene rings is 1. The Morgan fingerprint density at radius 3 is 2.65 bits per heavy atom. The SMILES string of the molecule is COC(=O)c1ccccc1N1CCC(N)CC1. The number of piperidine rings is 1. The molecule has 0 unspecified atom stereocenters. The van der Waals surface area contributed by atoms with Gasteiger partial charge in [-0.15, -0.1) is 0 Å². The number of carbonyl (C=O) groups excluding carboxylic acids is 1. The van der Waals surface area contributed by atoms with Crippen LogP contribution in [0.2, 0.25) is 0 Å². The predicted molar refractivity (Wildman–Crippen MR) is 67.2 cm³/mol. The lowest BCUT2D eigenvalue weighted by Crippen LogP contribution is -2.40. The van der Waals surface area contributed by atoms with Crippen LogP contribution in [0.15, 0.2) is 24.3 Å². The van der Waals surface area contributed by atoms with Crippen LogP contribution in [0, 0.1) is 0 Å². The number of hydrogen-bond donors (Lipinski definition) is 1. The average molecular weight is 234 g/mol. The molecule has 0 saturated carbocycles. The molecule has 0 bridgehead atoms. The fourth-order valence-corrected chi connectivity index (χ4v) is 2.17. The van der Waals surface area contributed by atoms with Crippen LogP contribution >= 0.6 is 0 Å². The predicted octanol–water partition coefficient (Wildman–Crippen LogP) is 1.40. The van der Waals surface area contributed by atoms with Gasteiger partial charge in [0, 0.05) is 19.1 Å². The van der Waals surface area contributed by atoms with Crippen molar-refractivity contribution in [1.29, 1.82) is 0 Å². The summed E-state index contributed by atoms with van der Waals surface area (Å²) in [6, 6.07) is 7.84. The Bertz CT molecular complexity index is 398. The van der Waals surface area contributed by atoms with Crippen molar-refractivity contribution in [2.45, 2.75) is 18.9 Å². The Morgan fingerprint density at radius 1 is 1.35 bits per heavy atom. The van der Waals surface area contributed by atoms with Crippen molar-refractivity contribution in [3.8, 4) is 0 Å². The molecule has 0 radical (unpaired) electrons. The molecule has 4 nitrogen and oxygen atoms in total. The largest absolute Gasteiger partial charge is 0.465 e. The number of carbonyl (C=O) groups is 1. The summed E-state index contributed by atoms with van der Waals surface area (Å²) < 4.78 is 4.80. The maximum absolute atomic E-state index is 11.7. The molecule has 17 heavy (non-hydrogen) atoms. The Morgan fingerprint density at radius 2 is 2.00 bits per heavy atom. The van der Waals surface area contributed by atoms with E-state index in [0.29, 0.717) is 5.56 Å². The second-order valence-corrected chi connectivity index (χ2v) is 4.33. The molecule has 1 aromatic rings. The Balaban J connectivity index is 2.23. The van der Waals surface area contributed by atoms with Crippen LogP contribution in [0.1, 0.15) is 23.2 Å². The van der Waals surface area contributed by atoms with Gasteiger partial charge in [-0.25, -0.2) is 4.79 Å². The summed E-state index contributed by atoms with van der Waals surface area (Å²) in [5.74, 6) is -0.282. The Hall–Kier alpha value is -1.55. The van der Waals surface area contributed by atoms with Crippen LogP contribution in [0.25, 0.3) is 0 Å². The van der Waals surface area contributed by atoms with Crippen molar-refractivity contribution >= 4 is 11.7 Å². The van der Waals surface area contributed by atoms with Crippen molar-refractivity contribution in [3.05, 3.63) is 29.8 Å². The van der Waals surface area contributed by atoms with Gasteiger partial charge in [0.15, 0.2) is 0 Å². The van der Waals surface area contributed by atoms with Gasteiger partial charge in [-0.05, 0) is 25.0 Å². The highest BCUT2D eigenvalue weighted by molar-refractivity contribution is 5.95. The lowest BCUT2D eigenvalue weighted by atomic mass is 10.0. The van der Waals surface area contributed by atoms with E-state index >= 15 is 0 Å². The first kappa shape index (κ1) is 11.9. The third-order valence-electron chi connectivity index (χ3n) is 3.19. The third kappa shape index (κ3) is 2.58. The van der Waals surface area contributed by atoms with E-state index in [-0.39, 0.29) is 12.0 Å². The van der Waals surface area contributed by atoms with E-state index < -0.39 is 0 Å². The van der Waals surface area contributed by atoms with Gasteiger partial charge in [-0.3, -0.25) is 0 Å². The monoisotopic (exact) mass is 234 g/mol. The molecular weight excluding hydrogens is 216 g/mol. The van der Waals surface area contributed by atoms with Gasteiger partial charge in [0.25, 0.3) is 0 Å². The molecule has 0 aliphatic carbocycles. The van der Waals surface area contributed by atoms with Crippen LogP contribution in [0.5, 0.6) is 0 Å². The van der Waals surface area contributed by atoms with Gasteiger partial charge >= 0.3 is 5.97 Å². The van der Waals surface area contributed by atoms with Gasteiger partial charge in [-0.1, -0.05) is 12.1 Å². The molecule has 0 atom stereocenters. The summed E-state index contributed by atoms with van der Waals surface area (Å²) in [4.78, 5) is 13.9. The second-order valence-electron chi connectivity index (χ2n) is 4.33. The van der Waals surface area contributed by atoms with E-state index in [1.54, 1.807) is 6.07 Å². The number of hydrogen-bond acceptors (Lipinski definition) is 4. The van der Waals surface area contributed by atoms with Crippen molar-refractivity contribution in [3.63, 3.8) is 0 Å². The number of para-hydroxylation sites is 1. The molecule has 1 aromatic carbocycles. The topological polar surface area (TPSA) is 55.6 Å². The summed E-state index contributed by atoms with van der Waals surface area (Å²) in [6.07, 6.45) is 1.94. The lowest BCUT2D eigenvalue weighted by Gasteiger charge is -2.32.